The van der Waals surface area contributed by atoms with E-state index in [9.17, 15) is 15.2 Å². The van der Waals surface area contributed by atoms with E-state index in [4.69, 9.17) is 11.6 Å². The Morgan fingerprint density at radius 2 is 1.88 bits per heavy atom. The number of nitro groups is 1. The Hall–Kier alpha value is -2.09. The van der Waals surface area contributed by atoms with Crippen LogP contribution in [0.1, 0.15) is 12.0 Å². The van der Waals surface area contributed by atoms with Crippen molar-refractivity contribution < 1.29 is 14.6 Å². The predicted octanol–water partition coefficient (Wildman–Crippen LogP) is 3.42. The summed E-state index contributed by atoms with van der Waals surface area (Å²) in [6, 6.07) is 13.7. The molecule has 0 amide bonds. The maximum atomic E-state index is 11.5. The number of rotatable bonds is 3. The van der Waals surface area contributed by atoms with Gasteiger partial charge in [-0.15, -0.1) is 0 Å². The second-order valence-electron chi connectivity index (χ2n) is 6.32. The van der Waals surface area contributed by atoms with Crippen LogP contribution < -0.4 is 4.90 Å². The molecule has 0 aliphatic carbocycles. The van der Waals surface area contributed by atoms with Crippen molar-refractivity contribution in [1.82, 2.24) is 0 Å². The van der Waals surface area contributed by atoms with Crippen LogP contribution in [-0.4, -0.2) is 38.6 Å². The van der Waals surface area contributed by atoms with Gasteiger partial charge in [-0.3, -0.25) is 10.1 Å². The van der Waals surface area contributed by atoms with Crippen molar-refractivity contribution in [1.29, 1.82) is 0 Å². The first kappa shape index (κ1) is 17.3. The van der Waals surface area contributed by atoms with Crippen LogP contribution in [0.4, 0.5) is 11.4 Å². The molecule has 1 unspecified atom stereocenters. The van der Waals surface area contributed by atoms with Gasteiger partial charge < -0.3 is 5.11 Å². The largest absolute Gasteiger partial charge is 0.346 e. The lowest BCUT2D eigenvalue weighted by Gasteiger charge is -2.24. The monoisotopic (exact) mass is 390 g/mol. The van der Waals surface area contributed by atoms with E-state index in [0.717, 1.165) is 29.6 Å². The summed E-state index contributed by atoms with van der Waals surface area (Å²) in [5.74, 6) is 0.992. The quantitative estimate of drug-likeness (QED) is 0.494. The summed E-state index contributed by atoms with van der Waals surface area (Å²) in [7, 11) is 0. The van der Waals surface area contributed by atoms with Gasteiger partial charge in [-0.05, 0) is 54.6 Å². The van der Waals surface area contributed by atoms with Crippen LogP contribution in [0.3, 0.4) is 0 Å². The highest BCUT2D eigenvalue weighted by Gasteiger charge is 2.53. The fourth-order valence-electron chi connectivity index (χ4n) is 3.42. The number of β-amino-alcohol motifs (C(OH)–C–C–N with tert-alkyl or cyclic N) is 1. The number of nitrogens with zero attached hydrogens (tertiary/aromatic N) is 3. The highest BCUT2D eigenvalue weighted by atomic mass is 35.5. The van der Waals surface area contributed by atoms with Crippen molar-refractivity contribution in [2.24, 2.45) is 0 Å². The van der Waals surface area contributed by atoms with Crippen molar-refractivity contribution >= 4 is 39.9 Å². The normalized spacial score (nSPS) is 22.5. The van der Waals surface area contributed by atoms with Crippen LogP contribution in [-0.2, 0) is 5.72 Å². The Morgan fingerprint density at radius 1 is 1.19 bits per heavy atom. The molecule has 0 aromatic heterocycles. The third kappa shape index (κ3) is 2.86. The van der Waals surface area contributed by atoms with E-state index in [-0.39, 0.29) is 5.69 Å². The molecule has 6 nitrogen and oxygen atoms in total. The highest BCUT2D eigenvalue weighted by Crippen LogP contribution is 2.38. The van der Waals surface area contributed by atoms with Gasteiger partial charge in [0, 0.05) is 28.5 Å². The summed E-state index contributed by atoms with van der Waals surface area (Å²) < 4.78 is 2.00. The molecule has 0 spiro atoms. The maximum Gasteiger partial charge on any atom is 0.316 e. The molecule has 2 aromatic rings. The van der Waals surface area contributed by atoms with Crippen LogP contribution in [0.5, 0.6) is 0 Å². The van der Waals surface area contributed by atoms with Gasteiger partial charge in [0.1, 0.15) is 5.69 Å². The molecular formula is C18H17ClN3O3S+. The number of anilines is 1. The van der Waals surface area contributed by atoms with Crippen LogP contribution in [0, 0.1) is 10.1 Å². The number of thioether (sulfide) groups is 1. The van der Waals surface area contributed by atoms with Crippen molar-refractivity contribution in [2.75, 3.05) is 23.7 Å². The molecular weight excluding hydrogens is 374 g/mol. The number of hydrogen-bond donors (Lipinski definition) is 1. The van der Waals surface area contributed by atoms with E-state index < -0.39 is 10.6 Å². The number of halogens is 1. The number of non-ortho nitro benzene ring substituents is 1. The lowest BCUT2D eigenvalue weighted by atomic mass is 10.0. The van der Waals surface area contributed by atoms with Crippen molar-refractivity contribution in [2.45, 2.75) is 12.1 Å². The zero-order valence-corrected chi connectivity index (χ0v) is 15.4. The summed E-state index contributed by atoms with van der Waals surface area (Å²) in [5, 5.41) is 24.1. The first-order valence-electron chi connectivity index (χ1n) is 8.27. The minimum atomic E-state index is -1.22. The fourth-order valence-corrected chi connectivity index (χ4v) is 4.73. The summed E-state index contributed by atoms with van der Waals surface area (Å²) in [4.78, 5) is 12.6. The molecule has 2 heterocycles. The van der Waals surface area contributed by atoms with Gasteiger partial charge in [-0.2, -0.15) is 0 Å². The predicted molar refractivity (Wildman–Crippen MR) is 103 cm³/mol. The molecule has 1 N–H and O–H groups in total. The molecule has 2 aromatic carbocycles. The van der Waals surface area contributed by atoms with Crippen LogP contribution >= 0.6 is 23.4 Å². The topological polar surface area (TPSA) is 69.6 Å². The summed E-state index contributed by atoms with van der Waals surface area (Å²) in [6.45, 7) is 1.09. The van der Waals surface area contributed by atoms with Crippen LogP contribution in [0.15, 0.2) is 48.5 Å². The molecule has 0 fully saturated rings. The van der Waals surface area contributed by atoms with Gasteiger partial charge >= 0.3 is 5.17 Å². The maximum absolute atomic E-state index is 11.5. The Morgan fingerprint density at radius 3 is 2.54 bits per heavy atom. The van der Waals surface area contributed by atoms with Gasteiger partial charge in [0.05, 0.1) is 11.5 Å². The van der Waals surface area contributed by atoms with Gasteiger partial charge in [0.2, 0.25) is 0 Å². The average molecular weight is 391 g/mol. The fraction of sp³-hybridized carbons (Fsp3) is 0.278. The Labute approximate surface area is 159 Å². The highest BCUT2D eigenvalue weighted by molar-refractivity contribution is 8.13. The SMILES string of the molecule is O=[N+]([O-])c1ccc(C2(O)CN(c3ccc(Cl)cc3)C3=[N+]2CCCS3)cc1. The smallest absolute Gasteiger partial charge is 0.316 e. The first-order chi connectivity index (χ1) is 12.5. The molecule has 0 saturated heterocycles. The Balaban J connectivity index is 1.75. The first-order valence-corrected chi connectivity index (χ1v) is 9.63. The second-order valence-corrected chi connectivity index (χ2v) is 7.82. The van der Waals surface area contributed by atoms with E-state index in [2.05, 4.69) is 4.90 Å². The molecule has 0 bridgehead atoms. The lowest BCUT2D eigenvalue weighted by Crippen LogP contribution is -2.41. The van der Waals surface area contributed by atoms with Crippen LogP contribution in [0.25, 0.3) is 0 Å². The summed E-state index contributed by atoms with van der Waals surface area (Å²) >= 11 is 7.72. The average Bonchev–Trinajstić information content (AvgIpc) is 2.97. The molecule has 0 radical (unpaired) electrons. The number of amidine groups is 1. The van der Waals surface area contributed by atoms with Gasteiger partial charge in [0.15, 0.2) is 6.54 Å². The van der Waals surface area contributed by atoms with Crippen LogP contribution in [0.2, 0.25) is 5.02 Å². The molecule has 8 heteroatoms. The van der Waals surface area contributed by atoms with Gasteiger partial charge in [-0.1, -0.05) is 11.6 Å². The van der Waals surface area contributed by atoms with Gasteiger partial charge in [0.25, 0.3) is 11.4 Å². The zero-order chi connectivity index (χ0) is 18.3. The second kappa shape index (κ2) is 6.57. The molecule has 1 atom stereocenters. The summed E-state index contributed by atoms with van der Waals surface area (Å²) in [6.07, 6.45) is 0.970. The van der Waals surface area contributed by atoms with Crippen molar-refractivity contribution in [3.63, 3.8) is 0 Å². The number of hydrogen-bond acceptors (Lipinski definition) is 5. The van der Waals surface area contributed by atoms with E-state index in [1.165, 1.54) is 12.1 Å². The Bertz CT molecular complexity index is 886. The number of benzene rings is 2. The number of aliphatic hydroxyl groups is 1. The van der Waals surface area contributed by atoms with Crippen molar-refractivity contribution in [3.05, 3.63) is 69.2 Å². The molecule has 2 aliphatic rings. The van der Waals surface area contributed by atoms with Crippen molar-refractivity contribution in [3.8, 4) is 0 Å². The Kier molecular flexibility index (Phi) is 4.38. The number of nitro benzene ring substituents is 1. The molecule has 26 heavy (non-hydrogen) atoms. The third-order valence-electron chi connectivity index (χ3n) is 4.72. The minimum Gasteiger partial charge on any atom is -0.346 e. The summed E-state index contributed by atoms with van der Waals surface area (Å²) in [5.41, 5.74) is 0.403. The molecule has 0 saturated carbocycles. The standard InChI is InChI=1S/C18H17ClN3O3S/c19-14-4-8-15(9-5-14)20-12-18(23,21-10-1-11-26-17(20)21)13-2-6-16(7-3-13)22(24)25/h2-9,23H,1,10-12H2/q+1. The molecule has 4 rings (SSSR count). The molecule has 134 valence electrons. The van der Waals surface area contributed by atoms with E-state index >= 15 is 0 Å². The lowest BCUT2D eigenvalue weighted by molar-refractivity contribution is -0.656. The molecule has 2 aliphatic heterocycles. The minimum absolute atomic E-state index is 0.0159. The van der Waals surface area contributed by atoms with Gasteiger partial charge in [-0.25, -0.2) is 9.48 Å². The third-order valence-corrected chi connectivity index (χ3v) is 6.17. The van der Waals surface area contributed by atoms with E-state index in [0.29, 0.717) is 17.1 Å². The zero-order valence-electron chi connectivity index (χ0n) is 13.8. The van der Waals surface area contributed by atoms with E-state index in [1.54, 1.807) is 23.9 Å². The van der Waals surface area contributed by atoms with E-state index in [1.807, 2.05) is 28.8 Å².